The molecule has 0 heterocycles. The van der Waals surface area contributed by atoms with E-state index < -0.39 is 11.9 Å². The third-order valence-electron chi connectivity index (χ3n) is 4.18. The molecule has 3 aromatic rings. The van der Waals surface area contributed by atoms with Crippen LogP contribution < -0.4 is 19.6 Å². The van der Waals surface area contributed by atoms with Gasteiger partial charge in [0.25, 0.3) is 5.91 Å². The number of carbonyl (C=O) groups is 2. The lowest BCUT2D eigenvalue weighted by molar-refractivity contribution is -0.123. The maximum absolute atomic E-state index is 12.4. The first-order valence-corrected chi connectivity index (χ1v) is 12.7. The van der Waals surface area contributed by atoms with Crippen molar-refractivity contribution in [3.05, 3.63) is 83.6 Å². The number of ether oxygens (including phenoxy) is 3. The van der Waals surface area contributed by atoms with E-state index >= 15 is 0 Å². The van der Waals surface area contributed by atoms with E-state index in [0.29, 0.717) is 31.6 Å². The van der Waals surface area contributed by atoms with E-state index in [4.69, 9.17) is 14.2 Å². The maximum Gasteiger partial charge on any atom is 0.343 e. The van der Waals surface area contributed by atoms with Crippen LogP contribution in [0.25, 0.3) is 0 Å². The molecule has 1 N–H and O–H groups in total. The highest BCUT2D eigenvalue weighted by atomic mass is 79.9. The first kappa shape index (κ1) is 26.4. The highest BCUT2D eigenvalue weighted by molar-refractivity contribution is 9.11. The fourth-order valence-electron chi connectivity index (χ4n) is 2.61. The molecule has 176 valence electrons. The Morgan fingerprint density at radius 2 is 1.59 bits per heavy atom. The van der Waals surface area contributed by atoms with Crippen LogP contribution in [0, 0.1) is 0 Å². The number of nitrogens with one attached hydrogen (secondary N) is 1. The molecule has 0 aromatic heterocycles. The van der Waals surface area contributed by atoms with Gasteiger partial charge in [0.15, 0.2) is 18.1 Å². The normalized spacial score (nSPS) is 10.7. The lowest BCUT2D eigenvalue weighted by atomic mass is 10.2. The fourth-order valence-corrected chi connectivity index (χ4v) is 5.36. The Bertz CT molecular complexity index is 1210. The van der Waals surface area contributed by atoms with Gasteiger partial charge < -0.3 is 14.2 Å². The molecule has 34 heavy (non-hydrogen) atoms. The van der Waals surface area contributed by atoms with Crippen LogP contribution in [0.3, 0.4) is 0 Å². The molecule has 0 unspecified atom stereocenters. The van der Waals surface area contributed by atoms with Crippen molar-refractivity contribution in [1.29, 1.82) is 0 Å². The van der Waals surface area contributed by atoms with Gasteiger partial charge >= 0.3 is 5.97 Å². The number of rotatable bonds is 8. The number of hydrazone groups is 1. The minimum atomic E-state index is -0.511. The van der Waals surface area contributed by atoms with Crippen LogP contribution >= 0.6 is 63.7 Å². The molecule has 0 aliphatic carbocycles. The Morgan fingerprint density at radius 1 is 0.912 bits per heavy atom. The van der Waals surface area contributed by atoms with Gasteiger partial charge in [0.1, 0.15) is 5.75 Å². The largest absolute Gasteiger partial charge is 0.493 e. The van der Waals surface area contributed by atoms with E-state index in [1.807, 2.05) is 12.1 Å². The van der Waals surface area contributed by atoms with Crippen molar-refractivity contribution in [2.24, 2.45) is 5.10 Å². The number of hydrogen-bond acceptors (Lipinski definition) is 6. The Kier molecular flexibility index (Phi) is 9.69. The highest BCUT2D eigenvalue weighted by Gasteiger charge is 2.13. The van der Waals surface area contributed by atoms with Gasteiger partial charge in [-0.05, 0) is 92.0 Å². The summed E-state index contributed by atoms with van der Waals surface area (Å²) in [7, 11) is 1.46. The molecular weight excluding hydrogens is 704 g/mol. The molecule has 7 nitrogen and oxygen atoms in total. The summed E-state index contributed by atoms with van der Waals surface area (Å²) in [6.45, 7) is -0.232. The summed E-state index contributed by atoms with van der Waals surface area (Å²) < 4.78 is 19.4. The van der Waals surface area contributed by atoms with E-state index in [-0.39, 0.29) is 12.4 Å². The molecular formula is C23H16Br4N2O5. The molecule has 0 atom stereocenters. The van der Waals surface area contributed by atoms with Gasteiger partial charge in [0, 0.05) is 8.95 Å². The van der Waals surface area contributed by atoms with E-state index in [2.05, 4.69) is 74.2 Å². The number of methoxy groups -OCH3 is 1. The molecule has 1 amide bonds. The predicted molar refractivity (Wildman–Crippen MR) is 143 cm³/mol. The number of carbonyl (C=O) groups excluding carboxylic acids is 2. The summed E-state index contributed by atoms with van der Waals surface area (Å²) in [5.74, 6) is 0.151. The molecule has 3 aromatic carbocycles. The molecule has 0 saturated heterocycles. The number of benzene rings is 3. The van der Waals surface area contributed by atoms with Crippen LogP contribution in [0.1, 0.15) is 15.9 Å². The SMILES string of the molecule is COc1cc(C=NNC(=O)COc2c(Br)cc(Br)cc2Br)ccc1OC(=O)c1ccc(Br)cc1. The number of halogens is 4. The first-order valence-electron chi connectivity index (χ1n) is 9.52. The van der Waals surface area contributed by atoms with Crippen LogP contribution in [0.15, 0.2) is 77.6 Å². The quantitative estimate of drug-likeness (QED) is 0.125. The third kappa shape index (κ3) is 7.39. The monoisotopic (exact) mass is 716 g/mol. The Balaban J connectivity index is 1.58. The molecule has 0 bridgehead atoms. The second kappa shape index (κ2) is 12.5. The number of esters is 1. The molecule has 0 fully saturated rings. The zero-order chi connectivity index (χ0) is 24.7. The standard InChI is InChI=1S/C23H16Br4N2O5/c1-32-20-8-13(2-7-19(20)34-23(31)14-3-5-15(24)6-4-14)11-28-29-21(30)12-33-22-17(26)9-16(25)10-18(22)27/h2-11H,12H2,1H3,(H,29,30). The van der Waals surface area contributed by atoms with Crippen LogP contribution in [-0.2, 0) is 4.79 Å². The summed E-state index contributed by atoms with van der Waals surface area (Å²) >= 11 is 13.5. The van der Waals surface area contributed by atoms with Crippen LogP contribution in [0.2, 0.25) is 0 Å². The fraction of sp³-hybridized carbons (Fsp3) is 0.0870. The summed E-state index contributed by atoms with van der Waals surface area (Å²) in [5.41, 5.74) is 3.43. The average molecular weight is 720 g/mol. The summed E-state index contributed by atoms with van der Waals surface area (Å²) in [4.78, 5) is 24.4. The number of nitrogens with zero attached hydrogens (tertiary/aromatic N) is 1. The van der Waals surface area contributed by atoms with E-state index in [9.17, 15) is 9.59 Å². The van der Waals surface area contributed by atoms with Crippen molar-refractivity contribution in [3.63, 3.8) is 0 Å². The van der Waals surface area contributed by atoms with Gasteiger partial charge in [-0.15, -0.1) is 0 Å². The van der Waals surface area contributed by atoms with Crippen LogP contribution in [-0.4, -0.2) is 31.8 Å². The van der Waals surface area contributed by atoms with Gasteiger partial charge in [-0.25, -0.2) is 10.2 Å². The molecule has 0 aliphatic heterocycles. The van der Waals surface area contributed by atoms with E-state index in [1.54, 1.807) is 42.5 Å². The minimum Gasteiger partial charge on any atom is -0.493 e. The molecule has 0 radical (unpaired) electrons. The second-order valence-corrected chi connectivity index (χ2v) is 10.1. The Labute approximate surface area is 229 Å². The smallest absolute Gasteiger partial charge is 0.343 e. The van der Waals surface area contributed by atoms with Crippen molar-refractivity contribution in [1.82, 2.24) is 5.43 Å². The van der Waals surface area contributed by atoms with Crippen molar-refractivity contribution >= 4 is 81.8 Å². The first-order chi connectivity index (χ1) is 16.3. The molecule has 0 spiro atoms. The molecule has 11 heteroatoms. The van der Waals surface area contributed by atoms with E-state index in [1.165, 1.54) is 13.3 Å². The Hall–Kier alpha value is -2.21. The number of hydrogen-bond donors (Lipinski definition) is 1. The summed E-state index contributed by atoms with van der Waals surface area (Å²) in [6.07, 6.45) is 1.44. The average Bonchev–Trinajstić information content (AvgIpc) is 2.79. The van der Waals surface area contributed by atoms with Gasteiger partial charge in [0.2, 0.25) is 0 Å². The van der Waals surface area contributed by atoms with Crippen molar-refractivity contribution < 1.29 is 23.8 Å². The lowest BCUT2D eigenvalue weighted by Crippen LogP contribution is -2.24. The lowest BCUT2D eigenvalue weighted by Gasteiger charge is -2.10. The highest BCUT2D eigenvalue weighted by Crippen LogP contribution is 2.36. The topological polar surface area (TPSA) is 86.2 Å². The van der Waals surface area contributed by atoms with Crippen molar-refractivity contribution in [3.8, 4) is 17.2 Å². The van der Waals surface area contributed by atoms with Crippen molar-refractivity contribution in [2.75, 3.05) is 13.7 Å². The van der Waals surface area contributed by atoms with Gasteiger partial charge in [-0.1, -0.05) is 31.9 Å². The van der Waals surface area contributed by atoms with Gasteiger partial charge in [-0.3, -0.25) is 4.79 Å². The second-order valence-electron chi connectivity index (χ2n) is 6.59. The van der Waals surface area contributed by atoms with Gasteiger partial charge in [0.05, 0.1) is 27.8 Å². The van der Waals surface area contributed by atoms with Crippen LogP contribution in [0.5, 0.6) is 17.2 Å². The zero-order valence-electron chi connectivity index (χ0n) is 17.5. The molecule has 3 rings (SSSR count). The third-order valence-corrected chi connectivity index (χ3v) is 6.35. The van der Waals surface area contributed by atoms with E-state index in [0.717, 1.165) is 8.95 Å². The zero-order valence-corrected chi connectivity index (χ0v) is 23.8. The summed E-state index contributed by atoms with van der Waals surface area (Å²) in [5, 5.41) is 3.93. The minimum absolute atomic E-state index is 0.232. The Morgan fingerprint density at radius 3 is 2.24 bits per heavy atom. The maximum atomic E-state index is 12.4. The summed E-state index contributed by atoms with van der Waals surface area (Å²) in [6, 6.07) is 15.3. The van der Waals surface area contributed by atoms with Crippen LogP contribution in [0.4, 0.5) is 0 Å². The van der Waals surface area contributed by atoms with Gasteiger partial charge in [-0.2, -0.15) is 5.10 Å². The van der Waals surface area contributed by atoms with Crippen molar-refractivity contribution in [2.45, 2.75) is 0 Å². The molecule has 0 saturated carbocycles. The number of amides is 1. The molecule has 0 aliphatic rings. The predicted octanol–water partition coefficient (Wildman–Crippen LogP) is 6.49.